The van der Waals surface area contributed by atoms with Crippen molar-refractivity contribution in [3.8, 4) is 16.9 Å². The van der Waals surface area contributed by atoms with Gasteiger partial charge in [-0.3, -0.25) is 0 Å². The summed E-state index contributed by atoms with van der Waals surface area (Å²) in [5.41, 5.74) is -1.59. The van der Waals surface area contributed by atoms with Crippen molar-refractivity contribution in [3.05, 3.63) is 76.7 Å². The van der Waals surface area contributed by atoms with E-state index in [4.69, 9.17) is 0 Å². The minimum Gasteiger partial charge on any atom is -0.249 e. The Hall–Kier alpha value is -3.54. The Labute approximate surface area is 178 Å². The van der Waals surface area contributed by atoms with Crippen LogP contribution in [0.1, 0.15) is 12.5 Å². The van der Waals surface area contributed by atoms with Gasteiger partial charge in [-0.25, -0.2) is 27.0 Å². The molecule has 0 unspecified atom stereocenters. The number of rotatable bonds is 4. The Bertz CT molecular complexity index is 1510. The summed E-state index contributed by atoms with van der Waals surface area (Å²) in [7, 11) is -3.95. The molecule has 7 nitrogen and oxygen atoms in total. The van der Waals surface area contributed by atoms with Crippen LogP contribution in [0.4, 0.5) is 17.6 Å². The highest BCUT2D eigenvalue weighted by molar-refractivity contribution is 7.91. The van der Waals surface area contributed by atoms with Crippen molar-refractivity contribution in [2.45, 2.75) is 18.0 Å². The Morgan fingerprint density at radius 1 is 1.06 bits per heavy atom. The monoisotopic (exact) mass is 466 g/mol. The van der Waals surface area contributed by atoms with Gasteiger partial charge in [0.25, 0.3) is 0 Å². The van der Waals surface area contributed by atoms with Gasteiger partial charge < -0.3 is 0 Å². The quantitative estimate of drug-likeness (QED) is 0.430. The number of alkyl halides is 3. The van der Waals surface area contributed by atoms with Crippen LogP contribution in [0.3, 0.4) is 0 Å². The van der Waals surface area contributed by atoms with Crippen molar-refractivity contribution in [2.24, 2.45) is 0 Å². The van der Waals surface area contributed by atoms with Gasteiger partial charge in [-0.1, -0.05) is 19.1 Å². The second-order valence-corrected chi connectivity index (χ2v) is 9.04. The number of hydrogen-bond acceptors (Lipinski definition) is 5. The van der Waals surface area contributed by atoms with Crippen molar-refractivity contribution in [2.75, 3.05) is 5.75 Å². The lowest BCUT2D eigenvalue weighted by atomic mass is 10.1. The third kappa shape index (κ3) is 3.77. The summed E-state index contributed by atoms with van der Waals surface area (Å²) < 4.78 is 79.4. The van der Waals surface area contributed by atoms with Crippen molar-refractivity contribution in [1.82, 2.24) is 19.2 Å². The third-order valence-corrected chi connectivity index (χ3v) is 6.48. The van der Waals surface area contributed by atoms with Crippen LogP contribution in [0.5, 0.6) is 0 Å². The summed E-state index contributed by atoms with van der Waals surface area (Å²) in [6.07, 6.45) is -2.87. The van der Waals surface area contributed by atoms with Gasteiger partial charge in [-0.15, -0.1) is 5.10 Å². The highest BCUT2D eigenvalue weighted by Gasteiger charge is 2.31. The summed E-state index contributed by atoms with van der Waals surface area (Å²) in [5.74, 6) is -1.24. The van der Waals surface area contributed by atoms with Crippen LogP contribution >= 0.6 is 0 Å². The predicted octanol–water partition coefficient (Wildman–Crippen LogP) is 3.50. The fourth-order valence-electron chi connectivity index (χ4n) is 3.09. The van der Waals surface area contributed by atoms with Crippen molar-refractivity contribution in [3.63, 3.8) is 0 Å². The van der Waals surface area contributed by atoms with E-state index in [2.05, 4.69) is 10.1 Å². The molecule has 4 aromatic rings. The van der Waals surface area contributed by atoms with Crippen LogP contribution in [0.2, 0.25) is 0 Å². The van der Waals surface area contributed by atoms with E-state index in [0.29, 0.717) is 20.8 Å². The molecule has 1 aromatic carbocycles. The molecule has 0 N–H and O–H groups in total. The molecule has 12 heteroatoms. The van der Waals surface area contributed by atoms with Crippen LogP contribution in [0.25, 0.3) is 22.6 Å². The molecule has 0 amide bonds. The van der Waals surface area contributed by atoms with Gasteiger partial charge in [0.15, 0.2) is 21.3 Å². The van der Waals surface area contributed by atoms with Crippen molar-refractivity contribution in [1.29, 1.82) is 0 Å². The maximum Gasteiger partial charge on any atom is 0.417 e. The summed E-state index contributed by atoms with van der Waals surface area (Å²) in [5, 5.41) is 3.94. The lowest BCUT2D eigenvalue weighted by Gasteiger charge is -2.10. The lowest BCUT2D eigenvalue weighted by molar-refractivity contribution is -0.137. The van der Waals surface area contributed by atoms with E-state index in [1.54, 1.807) is 6.07 Å². The Balaban J connectivity index is 1.96. The van der Waals surface area contributed by atoms with E-state index >= 15 is 0 Å². The summed E-state index contributed by atoms with van der Waals surface area (Å²) >= 11 is 0. The number of hydrogen-bond donors (Lipinski definition) is 0. The zero-order chi connectivity index (χ0) is 23.3. The van der Waals surface area contributed by atoms with Gasteiger partial charge >= 0.3 is 11.9 Å². The van der Waals surface area contributed by atoms with Crippen LogP contribution in [-0.2, 0) is 16.0 Å². The number of nitrogens with zero attached hydrogens (tertiary/aromatic N) is 4. The molecule has 0 aliphatic rings. The number of pyridine rings is 2. The second kappa shape index (κ2) is 7.55. The van der Waals surface area contributed by atoms with Gasteiger partial charge in [-0.05, 0) is 35.9 Å². The van der Waals surface area contributed by atoms with Crippen LogP contribution in [0, 0.1) is 5.82 Å². The minimum absolute atomic E-state index is 0.126. The molecule has 0 saturated heterocycles. The van der Waals surface area contributed by atoms with E-state index in [1.165, 1.54) is 37.4 Å². The molecule has 32 heavy (non-hydrogen) atoms. The number of halogens is 4. The molecule has 0 radical (unpaired) electrons. The van der Waals surface area contributed by atoms with Crippen molar-refractivity contribution < 1.29 is 26.0 Å². The Morgan fingerprint density at radius 3 is 2.47 bits per heavy atom. The molecule has 0 saturated carbocycles. The molecule has 0 aliphatic carbocycles. The molecular formula is C20H14F4N4O3S. The molecule has 3 aromatic heterocycles. The van der Waals surface area contributed by atoms with Crippen LogP contribution in [0.15, 0.2) is 64.5 Å². The smallest absolute Gasteiger partial charge is 0.249 e. The minimum atomic E-state index is -4.68. The zero-order valence-electron chi connectivity index (χ0n) is 16.3. The Morgan fingerprint density at radius 2 is 1.81 bits per heavy atom. The predicted molar refractivity (Wildman–Crippen MR) is 107 cm³/mol. The SMILES string of the molecule is CCS(=O)(=O)c1cc(-c2cccc(F)c2)cnc1-n1nc2ccc(C(F)(F)F)cn2c1=O. The van der Waals surface area contributed by atoms with Gasteiger partial charge in [0, 0.05) is 18.0 Å². The summed E-state index contributed by atoms with van der Waals surface area (Å²) in [6, 6.07) is 8.39. The lowest BCUT2D eigenvalue weighted by Crippen LogP contribution is -2.23. The third-order valence-electron chi connectivity index (χ3n) is 4.75. The zero-order valence-corrected chi connectivity index (χ0v) is 17.2. The fraction of sp³-hybridized carbons (Fsp3) is 0.150. The van der Waals surface area contributed by atoms with Crippen LogP contribution in [-0.4, -0.2) is 33.3 Å². The van der Waals surface area contributed by atoms with Gasteiger partial charge in [0.05, 0.1) is 11.3 Å². The first-order chi connectivity index (χ1) is 15.0. The maximum absolute atomic E-state index is 13.6. The normalized spacial score (nSPS) is 12.4. The van der Waals surface area contributed by atoms with Gasteiger partial charge in [0.1, 0.15) is 10.7 Å². The van der Waals surface area contributed by atoms with Crippen molar-refractivity contribution >= 4 is 15.5 Å². The fourth-order valence-corrected chi connectivity index (χ4v) is 4.12. The highest BCUT2D eigenvalue weighted by atomic mass is 32.2. The molecule has 4 rings (SSSR count). The molecule has 0 bridgehead atoms. The average molecular weight is 466 g/mol. The summed E-state index contributed by atoms with van der Waals surface area (Å²) in [4.78, 5) is 16.5. The number of aromatic nitrogens is 4. The van der Waals surface area contributed by atoms with E-state index < -0.39 is 33.1 Å². The van der Waals surface area contributed by atoms with Crippen LogP contribution < -0.4 is 5.69 Å². The topological polar surface area (TPSA) is 86.3 Å². The first-order valence-corrected chi connectivity index (χ1v) is 10.8. The van der Waals surface area contributed by atoms with E-state index in [0.717, 1.165) is 12.1 Å². The molecular weight excluding hydrogens is 452 g/mol. The Kier molecular flexibility index (Phi) is 5.12. The highest BCUT2D eigenvalue weighted by Crippen LogP contribution is 2.29. The molecule has 0 atom stereocenters. The number of benzene rings is 1. The van der Waals surface area contributed by atoms with E-state index in [1.807, 2.05) is 0 Å². The molecule has 166 valence electrons. The average Bonchev–Trinajstić information content (AvgIpc) is 3.08. The van der Waals surface area contributed by atoms with E-state index in [-0.39, 0.29) is 27.7 Å². The van der Waals surface area contributed by atoms with Gasteiger partial charge in [0.2, 0.25) is 0 Å². The largest absolute Gasteiger partial charge is 0.417 e. The second-order valence-electron chi connectivity index (χ2n) is 6.80. The maximum atomic E-state index is 13.6. The molecule has 3 heterocycles. The standard InChI is InChI=1S/C20H14F4N4O3S/c1-2-32(30,31)16-9-13(12-4-3-5-15(21)8-12)10-25-18(16)28-19(29)27-11-14(20(22,23)24)6-7-17(27)26-28/h3-11H,2H2,1H3. The molecule has 0 spiro atoms. The first kappa shape index (κ1) is 21.7. The number of fused-ring (bicyclic) bond motifs is 1. The first-order valence-electron chi connectivity index (χ1n) is 9.19. The molecule has 0 fully saturated rings. The number of sulfone groups is 1. The molecule has 0 aliphatic heterocycles. The summed E-state index contributed by atoms with van der Waals surface area (Å²) in [6.45, 7) is 1.38. The van der Waals surface area contributed by atoms with Gasteiger partial charge in [-0.2, -0.15) is 17.9 Å². The van der Waals surface area contributed by atoms with E-state index in [9.17, 15) is 30.8 Å².